The van der Waals surface area contributed by atoms with Crippen LogP contribution in [0.25, 0.3) is 5.69 Å². The molecule has 0 N–H and O–H groups in total. The lowest BCUT2D eigenvalue weighted by molar-refractivity contribution is 0.535. The van der Waals surface area contributed by atoms with Crippen molar-refractivity contribution in [2.45, 2.75) is 45.4 Å². The van der Waals surface area contributed by atoms with Crippen LogP contribution in [0.5, 0.6) is 0 Å². The van der Waals surface area contributed by atoms with Crippen molar-refractivity contribution in [2.24, 2.45) is 0 Å². The second-order valence-corrected chi connectivity index (χ2v) is 4.64. The molecule has 0 saturated heterocycles. The Bertz CT molecular complexity index is 462. The maximum absolute atomic E-state index is 4.33. The Labute approximate surface area is 109 Å². The minimum Gasteiger partial charge on any atom is -0.285 e. The van der Waals surface area contributed by atoms with E-state index in [1.54, 1.807) is 0 Å². The summed E-state index contributed by atoms with van der Waals surface area (Å²) in [6.07, 6.45) is 6.61. The molecule has 1 unspecified atom stereocenters. The fraction of sp³-hybridized carbons (Fsp3) is 0.467. The van der Waals surface area contributed by atoms with E-state index >= 15 is 0 Å². The predicted molar refractivity (Wildman–Crippen MR) is 73.9 cm³/mol. The second kappa shape index (κ2) is 6.34. The third-order valence-electron chi connectivity index (χ3n) is 3.37. The van der Waals surface area contributed by atoms with Crippen LogP contribution in [0.1, 0.15) is 51.3 Å². The van der Waals surface area contributed by atoms with E-state index in [4.69, 9.17) is 0 Å². The third kappa shape index (κ3) is 2.78. The summed E-state index contributed by atoms with van der Waals surface area (Å²) in [4.78, 5) is 0. The first kappa shape index (κ1) is 12.8. The number of hydrogen-bond donors (Lipinski definition) is 0. The molecule has 0 saturated carbocycles. The van der Waals surface area contributed by atoms with Gasteiger partial charge in [-0.2, -0.15) is 0 Å². The molecule has 0 radical (unpaired) electrons. The minimum absolute atomic E-state index is 0.507. The topological polar surface area (TPSA) is 30.7 Å². The van der Waals surface area contributed by atoms with E-state index in [2.05, 4.69) is 40.7 Å². The average molecular weight is 243 g/mol. The van der Waals surface area contributed by atoms with Gasteiger partial charge < -0.3 is 0 Å². The quantitative estimate of drug-likeness (QED) is 0.769. The normalized spacial score (nSPS) is 12.6. The lowest BCUT2D eigenvalue weighted by Gasteiger charge is -2.15. The van der Waals surface area contributed by atoms with Gasteiger partial charge in [0.15, 0.2) is 0 Å². The molecule has 3 nitrogen and oxygen atoms in total. The van der Waals surface area contributed by atoms with Gasteiger partial charge >= 0.3 is 0 Å². The van der Waals surface area contributed by atoms with Crippen LogP contribution in [0.4, 0.5) is 0 Å². The van der Waals surface area contributed by atoms with E-state index in [-0.39, 0.29) is 0 Å². The van der Waals surface area contributed by atoms with Crippen LogP contribution in [-0.2, 0) is 0 Å². The Morgan fingerprint density at radius 1 is 1.17 bits per heavy atom. The van der Waals surface area contributed by atoms with Crippen molar-refractivity contribution in [3.63, 3.8) is 0 Å². The Morgan fingerprint density at radius 2 is 1.94 bits per heavy atom. The molecule has 0 aliphatic carbocycles. The van der Waals surface area contributed by atoms with Crippen LogP contribution in [-0.4, -0.2) is 14.8 Å². The molecule has 3 heteroatoms. The van der Waals surface area contributed by atoms with Crippen molar-refractivity contribution in [1.82, 2.24) is 14.8 Å². The summed E-state index contributed by atoms with van der Waals surface area (Å²) in [5, 5.41) is 8.42. The number of nitrogens with zero attached hydrogens (tertiary/aromatic N) is 3. The maximum atomic E-state index is 4.33. The summed E-state index contributed by atoms with van der Waals surface area (Å²) in [5.74, 6) is 1.60. The number of unbranched alkanes of at least 4 members (excludes halogenated alkanes) is 1. The number of para-hydroxylation sites is 1. The molecule has 1 heterocycles. The van der Waals surface area contributed by atoms with Crippen molar-refractivity contribution >= 4 is 0 Å². The van der Waals surface area contributed by atoms with E-state index in [1.807, 2.05) is 24.5 Å². The Morgan fingerprint density at radius 3 is 2.61 bits per heavy atom. The van der Waals surface area contributed by atoms with E-state index in [1.165, 1.54) is 19.3 Å². The van der Waals surface area contributed by atoms with Crippen LogP contribution >= 0.6 is 0 Å². The third-order valence-corrected chi connectivity index (χ3v) is 3.37. The van der Waals surface area contributed by atoms with Gasteiger partial charge in [-0.3, -0.25) is 4.57 Å². The number of aromatic nitrogens is 3. The summed E-state index contributed by atoms with van der Waals surface area (Å²) < 4.78 is 2.11. The summed E-state index contributed by atoms with van der Waals surface area (Å²) >= 11 is 0. The van der Waals surface area contributed by atoms with Gasteiger partial charge in [-0.05, 0) is 25.0 Å². The molecule has 0 fully saturated rings. The highest BCUT2D eigenvalue weighted by Gasteiger charge is 2.16. The predicted octanol–water partition coefficient (Wildman–Crippen LogP) is 3.95. The highest BCUT2D eigenvalue weighted by atomic mass is 15.3. The monoisotopic (exact) mass is 243 g/mol. The zero-order valence-electron chi connectivity index (χ0n) is 11.2. The molecule has 18 heavy (non-hydrogen) atoms. The van der Waals surface area contributed by atoms with Gasteiger partial charge in [0.2, 0.25) is 0 Å². The molecular weight excluding hydrogens is 222 g/mol. The van der Waals surface area contributed by atoms with E-state index in [0.717, 1.165) is 17.9 Å². The molecule has 1 aromatic carbocycles. The van der Waals surface area contributed by atoms with E-state index < -0.39 is 0 Å². The largest absolute Gasteiger partial charge is 0.285 e. The molecule has 96 valence electrons. The minimum atomic E-state index is 0.507. The van der Waals surface area contributed by atoms with Crippen LogP contribution < -0.4 is 0 Å². The van der Waals surface area contributed by atoms with Crippen molar-refractivity contribution in [3.05, 3.63) is 42.5 Å². The second-order valence-electron chi connectivity index (χ2n) is 4.64. The van der Waals surface area contributed by atoms with Crippen LogP contribution in [0.15, 0.2) is 36.7 Å². The maximum Gasteiger partial charge on any atom is 0.140 e. The highest BCUT2D eigenvalue weighted by molar-refractivity contribution is 5.32. The van der Waals surface area contributed by atoms with Crippen molar-refractivity contribution in [2.75, 3.05) is 0 Å². The summed E-state index contributed by atoms with van der Waals surface area (Å²) in [5.41, 5.74) is 1.15. The molecule has 0 bridgehead atoms. The fourth-order valence-electron chi connectivity index (χ4n) is 2.28. The zero-order valence-corrected chi connectivity index (χ0v) is 11.2. The molecule has 1 atom stereocenters. The molecule has 2 aromatic rings. The average Bonchev–Trinajstić information content (AvgIpc) is 2.90. The Kier molecular flexibility index (Phi) is 4.51. The van der Waals surface area contributed by atoms with Crippen LogP contribution in [0.3, 0.4) is 0 Å². The fourth-order valence-corrected chi connectivity index (χ4v) is 2.28. The standard InChI is InChI=1S/C15H21N3/c1-3-5-9-13(4-2)15-17-16-12-18(15)14-10-7-6-8-11-14/h6-8,10-13H,3-5,9H2,1-2H3. The van der Waals surface area contributed by atoms with Gasteiger partial charge in [-0.1, -0.05) is 44.9 Å². The lowest BCUT2D eigenvalue weighted by Crippen LogP contribution is -2.07. The molecule has 0 aliphatic heterocycles. The van der Waals surface area contributed by atoms with Crippen molar-refractivity contribution < 1.29 is 0 Å². The molecule has 2 rings (SSSR count). The first-order valence-electron chi connectivity index (χ1n) is 6.82. The van der Waals surface area contributed by atoms with E-state index in [0.29, 0.717) is 5.92 Å². The summed E-state index contributed by atoms with van der Waals surface area (Å²) in [6, 6.07) is 10.3. The van der Waals surface area contributed by atoms with E-state index in [9.17, 15) is 0 Å². The van der Waals surface area contributed by atoms with Crippen molar-refractivity contribution in [1.29, 1.82) is 0 Å². The smallest absolute Gasteiger partial charge is 0.140 e. The van der Waals surface area contributed by atoms with Gasteiger partial charge in [0.05, 0.1) is 0 Å². The van der Waals surface area contributed by atoms with Gasteiger partial charge in [-0.15, -0.1) is 10.2 Å². The Hall–Kier alpha value is -1.64. The number of hydrogen-bond acceptors (Lipinski definition) is 2. The number of rotatable bonds is 6. The molecule has 0 amide bonds. The Balaban J connectivity index is 2.26. The summed E-state index contributed by atoms with van der Waals surface area (Å²) in [7, 11) is 0. The van der Waals surface area contributed by atoms with Gasteiger partial charge in [0, 0.05) is 11.6 Å². The van der Waals surface area contributed by atoms with Crippen LogP contribution in [0, 0.1) is 0 Å². The van der Waals surface area contributed by atoms with Gasteiger partial charge in [0.1, 0.15) is 12.2 Å². The number of benzene rings is 1. The van der Waals surface area contributed by atoms with Crippen LogP contribution in [0.2, 0.25) is 0 Å². The zero-order chi connectivity index (χ0) is 12.8. The molecule has 0 spiro atoms. The SMILES string of the molecule is CCCCC(CC)c1nncn1-c1ccccc1. The molecular formula is C15H21N3. The molecule has 1 aromatic heterocycles. The molecule has 0 aliphatic rings. The van der Waals surface area contributed by atoms with Gasteiger partial charge in [0.25, 0.3) is 0 Å². The lowest BCUT2D eigenvalue weighted by atomic mass is 9.98. The first-order valence-corrected chi connectivity index (χ1v) is 6.82. The summed E-state index contributed by atoms with van der Waals surface area (Å²) in [6.45, 7) is 4.46. The highest BCUT2D eigenvalue weighted by Crippen LogP contribution is 2.25. The van der Waals surface area contributed by atoms with Gasteiger partial charge in [-0.25, -0.2) is 0 Å². The first-order chi connectivity index (χ1) is 8.86. The van der Waals surface area contributed by atoms with Crippen molar-refractivity contribution in [3.8, 4) is 5.69 Å².